The highest BCUT2D eigenvalue weighted by Gasteiger charge is 2.19. The summed E-state index contributed by atoms with van der Waals surface area (Å²) in [4.78, 5) is 13.1. The highest BCUT2D eigenvalue weighted by Crippen LogP contribution is 2.29. The first-order valence-corrected chi connectivity index (χ1v) is 7.60. The van der Waals surface area contributed by atoms with Gasteiger partial charge in [0, 0.05) is 12.6 Å². The van der Waals surface area contributed by atoms with Gasteiger partial charge in [-0.15, -0.1) is 0 Å². The predicted molar refractivity (Wildman–Crippen MR) is 91.1 cm³/mol. The standard InChI is InChI=1S/C18H19N3O3/c1-21-11-17(22)19-20-18(21)14-8-9-15(16(10-14)23-2)24-12-13-6-4-3-5-7-13/h3-10H,11-12H2,1-2H3,(H,19,22). The Morgan fingerprint density at radius 2 is 1.96 bits per heavy atom. The molecule has 1 aliphatic heterocycles. The fourth-order valence-corrected chi connectivity index (χ4v) is 2.47. The van der Waals surface area contributed by atoms with Gasteiger partial charge in [0.05, 0.1) is 13.7 Å². The van der Waals surface area contributed by atoms with Gasteiger partial charge in [-0.05, 0) is 23.8 Å². The lowest BCUT2D eigenvalue weighted by molar-refractivity contribution is -0.121. The van der Waals surface area contributed by atoms with E-state index in [1.54, 1.807) is 12.0 Å². The van der Waals surface area contributed by atoms with Crippen LogP contribution >= 0.6 is 0 Å². The molecule has 6 nitrogen and oxygen atoms in total. The van der Waals surface area contributed by atoms with Crippen molar-refractivity contribution >= 4 is 11.7 Å². The minimum Gasteiger partial charge on any atom is -0.493 e. The molecule has 0 aromatic heterocycles. The van der Waals surface area contributed by atoms with Crippen molar-refractivity contribution in [3.63, 3.8) is 0 Å². The van der Waals surface area contributed by atoms with Gasteiger partial charge >= 0.3 is 0 Å². The van der Waals surface area contributed by atoms with Crippen molar-refractivity contribution in [1.82, 2.24) is 10.3 Å². The van der Waals surface area contributed by atoms with Crippen LogP contribution in [0.4, 0.5) is 0 Å². The molecule has 1 amide bonds. The van der Waals surface area contributed by atoms with Crippen LogP contribution in [0.3, 0.4) is 0 Å². The van der Waals surface area contributed by atoms with Gasteiger partial charge in [0.2, 0.25) is 0 Å². The Morgan fingerprint density at radius 1 is 1.17 bits per heavy atom. The number of amidine groups is 1. The number of methoxy groups -OCH3 is 1. The van der Waals surface area contributed by atoms with Gasteiger partial charge in [-0.25, -0.2) is 5.43 Å². The molecule has 1 heterocycles. The molecule has 1 N–H and O–H groups in total. The number of nitrogens with zero attached hydrogens (tertiary/aromatic N) is 2. The van der Waals surface area contributed by atoms with Crippen molar-refractivity contribution in [3.8, 4) is 11.5 Å². The number of hydrogen-bond acceptors (Lipinski definition) is 5. The maximum Gasteiger partial charge on any atom is 0.259 e. The van der Waals surface area contributed by atoms with E-state index in [9.17, 15) is 4.79 Å². The number of carbonyl (C=O) groups excluding carboxylic acids is 1. The van der Waals surface area contributed by atoms with E-state index in [0.29, 0.717) is 23.9 Å². The van der Waals surface area contributed by atoms with Gasteiger partial charge in [0.15, 0.2) is 17.3 Å². The summed E-state index contributed by atoms with van der Waals surface area (Å²) in [5, 5.41) is 4.11. The first-order chi connectivity index (χ1) is 11.7. The summed E-state index contributed by atoms with van der Waals surface area (Å²) in [5.74, 6) is 1.84. The molecule has 3 rings (SSSR count). The summed E-state index contributed by atoms with van der Waals surface area (Å²) in [7, 11) is 3.42. The number of nitrogens with one attached hydrogen (secondary N) is 1. The van der Waals surface area contributed by atoms with E-state index in [2.05, 4.69) is 10.5 Å². The number of benzene rings is 2. The molecule has 1 aliphatic rings. The molecule has 2 aromatic rings. The van der Waals surface area contributed by atoms with Crippen LogP contribution in [0.1, 0.15) is 11.1 Å². The lowest BCUT2D eigenvalue weighted by Crippen LogP contribution is -2.43. The Morgan fingerprint density at radius 3 is 2.67 bits per heavy atom. The Bertz CT molecular complexity index is 759. The third kappa shape index (κ3) is 3.48. The van der Waals surface area contributed by atoms with E-state index in [1.165, 1.54) is 0 Å². The van der Waals surface area contributed by atoms with E-state index < -0.39 is 0 Å². The zero-order valence-electron chi connectivity index (χ0n) is 13.7. The molecule has 0 unspecified atom stereocenters. The predicted octanol–water partition coefficient (Wildman–Crippen LogP) is 2.00. The zero-order chi connectivity index (χ0) is 16.9. The molecular weight excluding hydrogens is 306 g/mol. The van der Waals surface area contributed by atoms with Crippen LogP contribution in [0.5, 0.6) is 11.5 Å². The molecule has 0 radical (unpaired) electrons. The first-order valence-electron chi connectivity index (χ1n) is 7.60. The fourth-order valence-electron chi connectivity index (χ4n) is 2.47. The van der Waals surface area contributed by atoms with Crippen molar-refractivity contribution in [2.75, 3.05) is 20.7 Å². The quantitative estimate of drug-likeness (QED) is 0.913. The SMILES string of the molecule is COc1cc(C2=NNC(=O)CN2C)ccc1OCc1ccccc1. The molecule has 2 aromatic carbocycles. The number of rotatable bonds is 5. The smallest absolute Gasteiger partial charge is 0.259 e. The van der Waals surface area contributed by atoms with Gasteiger partial charge in [-0.3, -0.25) is 4.79 Å². The summed E-state index contributed by atoms with van der Waals surface area (Å²) in [6.07, 6.45) is 0. The summed E-state index contributed by atoms with van der Waals surface area (Å²) in [5.41, 5.74) is 4.43. The summed E-state index contributed by atoms with van der Waals surface area (Å²) >= 11 is 0. The van der Waals surface area contributed by atoms with Gasteiger partial charge < -0.3 is 14.4 Å². The number of carbonyl (C=O) groups is 1. The lowest BCUT2D eigenvalue weighted by atomic mass is 10.1. The van der Waals surface area contributed by atoms with Crippen LogP contribution in [0.25, 0.3) is 0 Å². The van der Waals surface area contributed by atoms with Gasteiger partial charge in [0.1, 0.15) is 6.61 Å². The van der Waals surface area contributed by atoms with E-state index in [4.69, 9.17) is 9.47 Å². The van der Waals surface area contributed by atoms with Crippen molar-refractivity contribution in [2.45, 2.75) is 6.61 Å². The molecule has 24 heavy (non-hydrogen) atoms. The molecule has 0 fully saturated rings. The van der Waals surface area contributed by atoms with Crippen LogP contribution in [0.2, 0.25) is 0 Å². The normalized spacial score (nSPS) is 14.0. The second-order valence-electron chi connectivity index (χ2n) is 5.47. The van der Waals surface area contributed by atoms with Crippen LogP contribution in [0.15, 0.2) is 53.6 Å². The molecule has 0 saturated carbocycles. The molecule has 6 heteroatoms. The summed E-state index contributed by atoms with van der Waals surface area (Å²) in [6, 6.07) is 15.5. The molecule has 0 saturated heterocycles. The number of hydrogen-bond donors (Lipinski definition) is 1. The number of ether oxygens (including phenoxy) is 2. The second-order valence-corrected chi connectivity index (χ2v) is 5.47. The average molecular weight is 325 g/mol. The summed E-state index contributed by atoms with van der Waals surface area (Å²) in [6.45, 7) is 0.737. The number of amides is 1. The molecular formula is C18H19N3O3. The van der Waals surface area contributed by atoms with Gasteiger partial charge in [0.25, 0.3) is 5.91 Å². The second kappa shape index (κ2) is 7.04. The minimum atomic E-state index is -0.129. The Balaban J connectivity index is 1.79. The van der Waals surface area contributed by atoms with Crippen molar-refractivity contribution in [2.24, 2.45) is 5.10 Å². The highest BCUT2D eigenvalue weighted by molar-refractivity contribution is 6.03. The van der Waals surface area contributed by atoms with Crippen LogP contribution < -0.4 is 14.9 Å². The third-order valence-corrected chi connectivity index (χ3v) is 3.69. The zero-order valence-corrected chi connectivity index (χ0v) is 13.7. The Hall–Kier alpha value is -3.02. The van der Waals surface area contributed by atoms with Crippen LogP contribution in [-0.2, 0) is 11.4 Å². The minimum absolute atomic E-state index is 0.129. The van der Waals surface area contributed by atoms with Crippen molar-refractivity contribution < 1.29 is 14.3 Å². The Kier molecular flexibility index (Phi) is 4.65. The maximum atomic E-state index is 11.3. The third-order valence-electron chi connectivity index (χ3n) is 3.69. The molecule has 0 spiro atoms. The lowest BCUT2D eigenvalue weighted by Gasteiger charge is -2.24. The molecule has 0 bridgehead atoms. The van der Waals surface area contributed by atoms with Crippen molar-refractivity contribution in [3.05, 3.63) is 59.7 Å². The van der Waals surface area contributed by atoms with Crippen molar-refractivity contribution in [1.29, 1.82) is 0 Å². The monoisotopic (exact) mass is 325 g/mol. The average Bonchev–Trinajstić information content (AvgIpc) is 2.61. The highest BCUT2D eigenvalue weighted by atomic mass is 16.5. The van der Waals surface area contributed by atoms with E-state index in [0.717, 1.165) is 11.1 Å². The van der Waals surface area contributed by atoms with Gasteiger partial charge in [-0.2, -0.15) is 5.10 Å². The van der Waals surface area contributed by atoms with E-state index in [1.807, 2.05) is 55.6 Å². The van der Waals surface area contributed by atoms with Gasteiger partial charge in [-0.1, -0.05) is 30.3 Å². The van der Waals surface area contributed by atoms with Crippen LogP contribution in [0, 0.1) is 0 Å². The van der Waals surface area contributed by atoms with Crippen LogP contribution in [-0.4, -0.2) is 37.3 Å². The van der Waals surface area contributed by atoms with E-state index in [-0.39, 0.29) is 12.5 Å². The molecule has 0 atom stereocenters. The molecule has 124 valence electrons. The Labute approximate surface area is 140 Å². The maximum absolute atomic E-state index is 11.3. The largest absolute Gasteiger partial charge is 0.493 e. The number of likely N-dealkylation sites (N-methyl/N-ethyl adjacent to an activating group) is 1. The first kappa shape index (κ1) is 15.9. The van der Waals surface area contributed by atoms with E-state index >= 15 is 0 Å². The number of hydrazone groups is 1. The summed E-state index contributed by atoms with van der Waals surface area (Å²) < 4.78 is 11.3. The fraction of sp³-hybridized carbons (Fsp3) is 0.222. The topological polar surface area (TPSA) is 63.2 Å². The molecule has 0 aliphatic carbocycles.